The zero-order valence-corrected chi connectivity index (χ0v) is 11.7. The highest BCUT2D eigenvalue weighted by molar-refractivity contribution is 6.20. The summed E-state index contributed by atoms with van der Waals surface area (Å²) in [4.78, 5) is 0. The number of fused-ring (bicyclic) bond motifs is 1. The van der Waals surface area contributed by atoms with E-state index >= 15 is 0 Å². The molecule has 0 aliphatic heterocycles. The summed E-state index contributed by atoms with van der Waals surface area (Å²) in [5.41, 5.74) is 3.05. The molecule has 1 N–H and O–H groups in total. The van der Waals surface area contributed by atoms with Crippen molar-refractivity contribution in [3.63, 3.8) is 0 Å². The van der Waals surface area contributed by atoms with Crippen LogP contribution in [0.5, 0.6) is 0 Å². The fourth-order valence-electron chi connectivity index (χ4n) is 2.72. The number of ether oxygens (including phenoxy) is 1. The number of rotatable bonds is 6. The Labute approximate surface area is 115 Å². The molecule has 1 aromatic rings. The predicted molar refractivity (Wildman–Crippen MR) is 76.5 cm³/mol. The smallest absolute Gasteiger partial charge is 0.0693 e. The van der Waals surface area contributed by atoms with Crippen LogP contribution in [0.25, 0.3) is 0 Å². The maximum absolute atomic E-state index is 6.11. The molecule has 3 heteroatoms. The lowest BCUT2D eigenvalue weighted by Crippen LogP contribution is -2.31. The molecule has 0 radical (unpaired) electrons. The minimum atomic E-state index is 0.0637. The van der Waals surface area contributed by atoms with E-state index in [1.165, 1.54) is 30.4 Å². The van der Waals surface area contributed by atoms with Crippen molar-refractivity contribution in [1.82, 2.24) is 5.32 Å². The fourth-order valence-corrected chi connectivity index (χ4v) is 2.96. The number of hydrogen-bond donors (Lipinski definition) is 1. The van der Waals surface area contributed by atoms with Gasteiger partial charge in [0.25, 0.3) is 0 Å². The first-order valence-electron chi connectivity index (χ1n) is 6.72. The predicted octanol–water partition coefficient (Wildman–Crippen LogP) is 2.95. The fraction of sp³-hybridized carbons (Fsp3) is 0.600. The molecule has 0 fully saturated rings. The van der Waals surface area contributed by atoms with Crippen molar-refractivity contribution in [2.45, 2.75) is 30.6 Å². The van der Waals surface area contributed by atoms with Gasteiger partial charge in [-0.15, -0.1) is 11.6 Å². The molecule has 0 heterocycles. The van der Waals surface area contributed by atoms with Crippen molar-refractivity contribution in [2.24, 2.45) is 0 Å². The molecule has 2 rings (SSSR count). The van der Waals surface area contributed by atoms with E-state index in [4.69, 9.17) is 16.3 Å². The SMILES string of the molecule is COCC(Cl)CNCC1CCCc2ccccc21. The molecule has 0 spiro atoms. The van der Waals surface area contributed by atoms with E-state index < -0.39 is 0 Å². The van der Waals surface area contributed by atoms with E-state index in [-0.39, 0.29) is 5.38 Å². The molecule has 1 aromatic carbocycles. The molecule has 2 atom stereocenters. The van der Waals surface area contributed by atoms with E-state index in [1.807, 2.05) is 0 Å². The van der Waals surface area contributed by atoms with Crippen molar-refractivity contribution in [3.8, 4) is 0 Å². The Kier molecular flexibility index (Phi) is 5.48. The molecule has 0 amide bonds. The summed E-state index contributed by atoms with van der Waals surface area (Å²) in [7, 11) is 1.69. The molecule has 0 saturated carbocycles. The van der Waals surface area contributed by atoms with Crippen LogP contribution in [-0.2, 0) is 11.2 Å². The zero-order valence-electron chi connectivity index (χ0n) is 11.0. The molecule has 0 aromatic heterocycles. The summed E-state index contributed by atoms with van der Waals surface area (Å²) in [5, 5.41) is 3.53. The molecule has 100 valence electrons. The third-order valence-corrected chi connectivity index (χ3v) is 3.88. The van der Waals surface area contributed by atoms with Gasteiger partial charge < -0.3 is 10.1 Å². The third-order valence-electron chi connectivity index (χ3n) is 3.60. The number of halogens is 1. The van der Waals surface area contributed by atoms with Crippen LogP contribution in [0, 0.1) is 0 Å². The third kappa shape index (κ3) is 3.71. The van der Waals surface area contributed by atoms with Crippen LogP contribution >= 0.6 is 11.6 Å². The highest BCUT2D eigenvalue weighted by atomic mass is 35.5. The van der Waals surface area contributed by atoms with Crippen LogP contribution in [0.3, 0.4) is 0 Å². The number of aryl methyl sites for hydroxylation is 1. The lowest BCUT2D eigenvalue weighted by Gasteiger charge is -2.26. The first-order chi connectivity index (χ1) is 8.81. The van der Waals surface area contributed by atoms with Crippen LogP contribution < -0.4 is 5.32 Å². The number of alkyl halides is 1. The Morgan fingerprint density at radius 1 is 1.44 bits per heavy atom. The van der Waals surface area contributed by atoms with E-state index in [0.29, 0.717) is 12.5 Å². The van der Waals surface area contributed by atoms with Gasteiger partial charge in [0, 0.05) is 20.2 Å². The highest BCUT2D eigenvalue weighted by Gasteiger charge is 2.19. The molecule has 2 nitrogen and oxygen atoms in total. The van der Waals surface area contributed by atoms with Gasteiger partial charge in [-0.25, -0.2) is 0 Å². The summed E-state index contributed by atoms with van der Waals surface area (Å²) < 4.78 is 5.03. The number of benzene rings is 1. The van der Waals surface area contributed by atoms with Crippen LogP contribution in [0.15, 0.2) is 24.3 Å². The molecule has 1 aliphatic rings. The second kappa shape index (κ2) is 7.13. The molecule has 0 bridgehead atoms. The second-order valence-electron chi connectivity index (χ2n) is 5.00. The van der Waals surface area contributed by atoms with Crippen LogP contribution in [0.4, 0.5) is 0 Å². The second-order valence-corrected chi connectivity index (χ2v) is 5.62. The minimum absolute atomic E-state index is 0.0637. The Morgan fingerprint density at radius 2 is 2.28 bits per heavy atom. The summed E-state index contributed by atoms with van der Waals surface area (Å²) in [5.74, 6) is 0.640. The molecule has 18 heavy (non-hydrogen) atoms. The highest BCUT2D eigenvalue weighted by Crippen LogP contribution is 2.30. The lowest BCUT2D eigenvalue weighted by atomic mass is 9.83. The van der Waals surface area contributed by atoms with Crippen LogP contribution in [-0.4, -0.2) is 32.2 Å². The molecule has 1 aliphatic carbocycles. The van der Waals surface area contributed by atoms with Gasteiger partial charge in [0.15, 0.2) is 0 Å². The summed E-state index contributed by atoms with van der Waals surface area (Å²) in [6.07, 6.45) is 3.81. The molecular formula is C15H22ClNO. The maximum Gasteiger partial charge on any atom is 0.0693 e. The van der Waals surface area contributed by atoms with Gasteiger partial charge in [0.05, 0.1) is 12.0 Å². The minimum Gasteiger partial charge on any atom is -0.383 e. The van der Waals surface area contributed by atoms with Crippen molar-refractivity contribution < 1.29 is 4.74 Å². The Hall–Kier alpha value is -0.570. The standard InChI is InChI=1S/C15H22ClNO/c1-18-11-14(16)10-17-9-13-7-4-6-12-5-2-3-8-15(12)13/h2-3,5,8,13-14,17H,4,6-7,9-11H2,1H3. The van der Waals surface area contributed by atoms with E-state index in [0.717, 1.165) is 13.1 Å². The molecule has 2 unspecified atom stereocenters. The Morgan fingerprint density at radius 3 is 3.11 bits per heavy atom. The van der Waals surface area contributed by atoms with E-state index in [9.17, 15) is 0 Å². The molecular weight excluding hydrogens is 246 g/mol. The number of hydrogen-bond acceptors (Lipinski definition) is 2. The zero-order chi connectivity index (χ0) is 12.8. The van der Waals surface area contributed by atoms with E-state index in [2.05, 4.69) is 29.6 Å². The average molecular weight is 268 g/mol. The van der Waals surface area contributed by atoms with Crippen LogP contribution in [0.2, 0.25) is 0 Å². The van der Waals surface area contributed by atoms with Gasteiger partial charge in [0.1, 0.15) is 0 Å². The van der Waals surface area contributed by atoms with Gasteiger partial charge >= 0.3 is 0 Å². The van der Waals surface area contributed by atoms with Gasteiger partial charge in [0.2, 0.25) is 0 Å². The van der Waals surface area contributed by atoms with Gasteiger partial charge in [-0.1, -0.05) is 24.3 Å². The monoisotopic (exact) mass is 267 g/mol. The quantitative estimate of drug-likeness (QED) is 0.801. The number of nitrogens with one attached hydrogen (secondary N) is 1. The van der Waals surface area contributed by atoms with E-state index in [1.54, 1.807) is 7.11 Å². The normalized spacial score (nSPS) is 20.4. The van der Waals surface area contributed by atoms with Gasteiger partial charge in [-0.3, -0.25) is 0 Å². The maximum atomic E-state index is 6.11. The largest absolute Gasteiger partial charge is 0.383 e. The van der Waals surface area contributed by atoms with Crippen molar-refractivity contribution in [1.29, 1.82) is 0 Å². The number of methoxy groups -OCH3 is 1. The summed E-state index contributed by atoms with van der Waals surface area (Å²) >= 11 is 6.11. The first-order valence-corrected chi connectivity index (χ1v) is 7.16. The van der Waals surface area contributed by atoms with Crippen molar-refractivity contribution >= 4 is 11.6 Å². The Bertz CT molecular complexity index is 369. The van der Waals surface area contributed by atoms with Crippen molar-refractivity contribution in [2.75, 3.05) is 26.8 Å². The molecule has 0 saturated heterocycles. The summed E-state index contributed by atoms with van der Waals surface area (Å²) in [6.45, 7) is 2.44. The topological polar surface area (TPSA) is 21.3 Å². The van der Waals surface area contributed by atoms with Gasteiger partial charge in [-0.2, -0.15) is 0 Å². The first kappa shape index (κ1) is 13.9. The lowest BCUT2D eigenvalue weighted by molar-refractivity contribution is 0.196. The van der Waals surface area contributed by atoms with Gasteiger partial charge in [-0.05, 0) is 36.3 Å². The summed E-state index contributed by atoms with van der Waals surface area (Å²) in [6, 6.07) is 8.82. The van der Waals surface area contributed by atoms with Crippen molar-refractivity contribution in [3.05, 3.63) is 35.4 Å². The Balaban J connectivity index is 1.84. The van der Waals surface area contributed by atoms with Crippen LogP contribution in [0.1, 0.15) is 29.9 Å². The average Bonchev–Trinajstić information content (AvgIpc) is 2.39.